The molecule has 242 valence electrons. The van der Waals surface area contributed by atoms with Crippen molar-refractivity contribution in [2.24, 2.45) is 0 Å². The van der Waals surface area contributed by atoms with E-state index in [0.29, 0.717) is 0 Å². The minimum absolute atomic E-state index is 0.0547. The van der Waals surface area contributed by atoms with Gasteiger partial charge in [0, 0.05) is 4.57 Å². The number of nitrogens with two attached hydrogens (primary N) is 2. The van der Waals surface area contributed by atoms with Crippen LogP contribution in [0.2, 0.25) is 0 Å². The van der Waals surface area contributed by atoms with E-state index in [1.807, 2.05) is 0 Å². The van der Waals surface area contributed by atoms with Gasteiger partial charge < -0.3 is 36.0 Å². The van der Waals surface area contributed by atoms with Crippen LogP contribution < -0.4 is 17.0 Å². The number of nitrogens with zero attached hydrogens (tertiary/aromatic N) is 7. The predicted octanol–water partition coefficient (Wildman–Crippen LogP) is -1.85. The Morgan fingerprint density at radius 2 is 1.71 bits per heavy atom. The van der Waals surface area contributed by atoms with Crippen LogP contribution in [0.4, 0.5) is 16.2 Å². The third kappa shape index (κ3) is 5.91. The molecule has 45 heavy (non-hydrogen) atoms. The SMILES string of the molecule is Nc1nc2c(ncn2[C@@H]2O[C@H](CO[P+](=O)O)[C@@H](F)[C@H]2OP(=O)(O)OC[C@H]2O[C@@H](n3cnc4c(N)ncnc43)[C@H](O)[C@@H]2O)c(=O)[nH]1. The van der Waals surface area contributed by atoms with Crippen molar-refractivity contribution in [3.63, 3.8) is 0 Å². The minimum Gasteiger partial charge on any atom is -0.387 e. The first-order valence-corrected chi connectivity index (χ1v) is 15.4. The van der Waals surface area contributed by atoms with Gasteiger partial charge in [-0.25, -0.2) is 28.9 Å². The molecule has 2 unspecified atom stereocenters. The summed E-state index contributed by atoms with van der Waals surface area (Å²) in [6.07, 6.45) is -9.98. The second-order valence-corrected chi connectivity index (χ2v) is 11.9. The molecular weight excluding hydrogens is 653 g/mol. The van der Waals surface area contributed by atoms with Gasteiger partial charge in [0.1, 0.15) is 49.0 Å². The van der Waals surface area contributed by atoms with E-state index in [1.54, 1.807) is 0 Å². The van der Waals surface area contributed by atoms with E-state index >= 15 is 4.39 Å². The largest absolute Gasteiger partial charge is 0.694 e. The number of imidazole rings is 2. The van der Waals surface area contributed by atoms with Crippen molar-refractivity contribution in [1.82, 2.24) is 39.0 Å². The maximum atomic E-state index is 15.6. The zero-order chi connectivity index (χ0) is 32.2. The Labute approximate surface area is 249 Å². The molecule has 0 bridgehead atoms. The predicted molar refractivity (Wildman–Crippen MR) is 143 cm³/mol. The molecule has 0 aromatic carbocycles. The number of hydrogen-bond acceptors (Lipinski definition) is 17. The fraction of sp³-hybridized carbons (Fsp3) is 0.500. The number of phosphoric ester groups is 1. The number of nitrogen functional groups attached to an aromatic ring is 2. The van der Waals surface area contributed by atoms with Crippen LogP contribution in [0.5, 0.6) is 0 Å². The highest BCUT2D eigenvalue weighted by Gasteiger charge is 2.52. The van der Waals surface area contributed by atoms with Crippen LogP contribution in [0.1, 0.15) is 12.5 Å². The number of ether oxygens (including phenoxy) is 2. The van der Waals surface area contributed by atoms with E-state index in [9.17, 15) is 29.0 Å². The number of aromatic nitrogens is 8. The molecule has 0 radical (unpaired) electrons. The van der Waals surface area contributed by atoms with Crippen LogP contribution in [0.25, 0.3) is 22.3 Å². The van der Waals surface area contributed by atoms with Gasteiger partial charge in [-0.1, -0.05) is 0 Å². The first kappa shape index (κ1) is 31.4. The molecule has 4 aromatic rings. The average Bonchev–Trinajstić information content (AvgIpc) is 3.73. The highest BCUT2D eigenvalue weighted by atomic mass is 31.2. The Kier molecular flexibility index (Phi) is 8.34. The van der Waals surface area contributed by atoms with Crippen LogP contribution >= 0.6 is 16.1 Å². The van der Waals surface area contributed by atoms with Gasteiger partial charge in [0.2, 0.25) is 5.95 Å². The Hall–Kier alpha value is -3.60. The minimum atomic E-state index is -5.23. The number of rotatable bonds is 10. The number of aliphatic hydroxyl groups is 2. The van der Waals surface area contributed by atoms with Crippen LogP contribution in [0, 0.1) is 0 Å². The molecule has 2 aliphatic rings. The fourth-order valence-electron chi connectivity index (χ4n) is 4.94. The third-order valence-corrected chi connectivity index (χ3v) is 8.35. The lowest BCUT2D eigenvalue weighted by Crippen LogP contribution is -2.34. The fourth-order valence-corrected chi connectivity index (χ4v) is 6.14. The number of anilines is 2. The summed E-state index contributed by atoms with van der Waals surface area (Å²) in [7, 11) is -8.39. The highest BCUT2D eigenvalue weighted by molar-refractivity contribution is 7.47. The molecule has 0 saturated carbocycles. The van der Waals surface area contributed by atoms with E-state index in [-0.39, 0.29) is 34.1 Å². The van der Waals surface area contributed by atoms with Crippen molar-refractivity contribution in [3.05, 3.63) is 29.3 Å². The molecule has 4 aromatic heterocycles. The Morgan fingerprint density at radius 3 is 2.44 bits per heavy atom. The zero-order valence-electron chi connectivity index (χ0n) is 22.4. The number of fused-ring (bicyclic) bond motifs is 2. The summed E-state index contributed by atoms with van der Waals surface area (Å²) in [5, 5.41) is 21.2. The summed E-state index contributed by atoms with van der Waals surface area (Å²) >= 11 is 0. The molecule has 2 fully saturated rings. The monoisotopic (exact) mass is 677 g/mol. The van der Waals surface area contributed by atoms with Gasteiger partial charge in [0.25, 0.3) is 5.56 Å². The smallest absolute Gasteiger partial charge is 0.387 e. The van der Waals surface area contributed by atoms with E-state index in [1.165, 1.54) is 10.9 Å². The van der Waals surface area contributed by atoms with Crippen molar-refractivity contribution in [2.75, 3.05) is 24.7 Å². The Balaban J connectivity index is 1.20. The molecule has 10 atom stereocenters. The van der Waals surface area contributed by atoms with Crippen LogP contribution in [-0.2, 0) is 32.2 Å². The third-order valence-electron chi connectivity index (χ3n) is 6.99. The molecule has 9 N–H and O–H groups in total. The first-order chi connectivity index (χ1) is 21.3. The van der Waals surface area contributed by atoms with Gasteiger partial charge in [-0.3, -0.25) is 28.0 Å². The standard InChI is InChI=1S/C20H23FN10O12P2/c21-8-6(1-39-44(35)36)41-19(31-5-27-10-16(31)28-20(23)29-17(10)34)13(8)43-45(37,38)40-2-7-11(32)12(33)18(42-7)30-4-26-9-14(22)24-3-25-15(9)30/h3-8,11-13,18-19,32-33H,1-2H2,(H6-,22,23,24,25,28,29,34,35,36,37,38)/p+1/t6-,7-,8-,11-,12-,13-,18-,19-/m1/s1. The molecule has 25 heteroatoms. The van der Waals surface area contributed by atoms with E-state index < -0.39 is 84.0 Å². The number of alkyl halides is 1. The Bertz CT molecular complexity index is 1860. The number of aliphatic hydroxyl groups excluding tert-OH is 2. The Morgan fingerprint density at radius 1 is 1.02 bits per heavy atom. The lowest BCUT2D eigenvalue weighted by Gasteiger charge is -2.24. The number of aromatic amines is 1. The summed E-state index contributed by atoms with van der Waals surface area (Å²) in [5.74, 6) is -0.274. The van der Waals surface area contributed by atoms with Crippen molar-refractivity contribution in [3.8, 4) is 0 Å². The molecule has 6 rings (SSSR count). The molecule has 0 amide bonds. The number of hydrogen-bond donors (Lipinski definition) is 7. The average molecular weight is 677 g/mol. The molecule has 0 aliphatic carbocycles. The van der Waals surface area contributed by atoms with E-state index in [4.69, 9.17) is 34.9 Å². The van der Waals surface area contributed by atoms with Crippen molar-refractivity contribution >= 4 is 50.2 Å². The molecule has 2 aliphatic heterocycles. The highest BCUT2D eigenvalue weighted by Crippen LogP contribution is 2.50. The molecule has 0 spiro atoms. The number of phosphoric acid groups is 1. The number of halogens is 1. The van der Waals surface area contributed by atoms with Gasteiger partial charge in [-0.15, -0.1) is 9.42 Å². The second-order valence-electron chi connectivity index (χ2n) is 9.78. The lowest BCUT2D eigenvalue weighted by molar-refractivity contribution is -0.0607. The van der Waals surface area contributed by atoms with E-state index in [0.717, 1.165) is 17.2 Å². The van der Waals surface area contributed by atoms with Crippen LogP contribution in [0.15, 0.2) is 23.8 Å². The van der Waals surface area contributed by atoms with Gasteiger partial charge in [-0.2, -0.15) is 4.98 Å². The summed E-state index contributed by atoms with van der Waals surface area (Å²) in [5.41, 5.74) is 10.6. The zero-order valence-corrected chi connectivity index (χ0v) is 24.2. The van der Waals surface area contributed by atoms with Crippen molar-refractivity contribution in [2.45, 2.75) is 49.1 Å². The van der Waals surface area contributed by atoms with Gasteiger partial charge >= 0.3 is 16.1 Å². The number of H-pyrrole nitrogens is 1. The summed E-state index contributed by atoms with van der Waals surface area (Å²) in [6.45, 7) is -1.61. The number of nitrogens with one attached hydrogen (secondary N) is 1. The molecule has 22 nitrogen and oxygen atoms in total. The normalized spacial score (nSPS) is 30.3. The lowest BCUT2D eigenvalue weighted by atomic mass is 10.1. The van der Waals surface area contributed by atoms with Crippen LogP contribution in [-0.4, -0.2) is 109 Å². The van der Waals surface area contributed by atoms with Crippen LogP contribution in [0.3, 0.4) is 0 Å². The second kappa shape index (κ2) is 12.0. The van der Waals surface area contributed by atoms with E-state index in [2.05, 4.69) is 34.4 Å². The summed E-state index contributed by atoms with van der Waals surface area (Å²) < 4.78 is 67.9. The van der Waals surface area contributed by atoms with Crippen molar-refractivity contribution < 1.29 is 56.6 Å². The maximum Gasteiger partial charge on any atom is 0.694 e. The van der Waals surface area contributed by atoms with Crippen molar-refractivity contribution in [1.29, 1.82) is 0 Å². The topological polar surface area (TPSA) is 320 Å². The summed E-state index contributed by atoms with van der Waals surface area (Å²) in [6, 6.07) is 0. The van der Waals surface area contributed by atoms with Gasteiger partial charge in [-0.05, 0) is 0 Å². The molecule has 6 heterocycles. The quantitative estimate of drug-likeness (QED) is 0.0905. The van der Waals surface area contributed by atoms with Gasteiger partial charge in [0.15, 0.2) is 41.3 Å². The first-order valence-electron chi connectivity index (χ1n) is 12.8. The van der Waals surface area contributed by atoms with Gasteiger partial charge in [0.05, 0.1) is 19.3 Å². The molecular formula is C20H24FN10O12P2+. The maximum absolute atomic E-state index is 15.6. The molecule has 2 saturated heterocycles. The summed E-state index contributed by atoms with van der Waals surface area (Å²) in [4.78, 5) is 53.8.